The zero-order valence-electron chi connectivity index (χ0n) is 57.9. The second-order valence-electron chi connectivity index (χ2n) is 22.2. The van der Waals surface area contributed by atoms with Crippen molar-refractivity contribution in [1.29, 1.82) is 0 Å². The first-order valence-electron chi connectivity index (χ1n) is 32.3. The van der Waals surface area contributed by atoms with Gasteiger partial charge in [-0.05, 0) is 162 Å². The van der Waals surface area contributed by atoms with Gasteiger partial charge in [-0.2, -0.15) is 0 Å². The minimum Gasteiger partial charge on any atom is -0.506 e. The molecule has 0 bridgehead atoms. The van der Waals surface area contributed by atoms with Crippen LogP contribution in [0.2, 0.25) is 0 Å². The third kappa shape index (κ3) is 21.6. The molecule has 28 heteroatoms. The molecular weight excluding hydrogens is 1430 g/mol. The summed E-state index contributed by atoms with van der Waals surface area (Å²) in [7, 11) is 5.78. The van der Waals surface area contributed by atoms with Crippen LogP contribution in [-0.4, -0.2) is 106 Å². The van der Waals surface area contributed by atoms with Gasteiger partial charge in [0.2, 0.25) is 35.0 Å². The highest BCUT2D eigenvalue weighted by atomic mass is 35.5. The maximum Gasteiger partial charge on any atom is 0.337 e. The predicted molar refractivity (Wildman–Crippen MR) is 405 cm³/mol. The molecule has 10 aromatic heterocycles. The summed E-state index contributed by atoms with van der Waals surface area (Å²) in [6, 6.07) is 56.4. The molecular formula is C80H65Cl2N11O15. The summed E-state index contributed by atoms with van der Waals surface area (Å²) >= 11 is 10.9. The predicted octanol–water partition coefficient (Wildman–Crippen LogP) is 15.8. The van der Waals surface area contributed by atoms with Crippen LogP contribution in [0.25, 0.3) is 90.2 Å². The number of aliphatic hydroxyl groups excluding tert-OH is 1. The number of aliphatic hydroxyl groups is 1. The highest BCUT2D eigenvalue weighted by Gasteiger charge is 2.15. The Morgan fingerprint density at radius 2 is 0.907 bits per heavy atom. The van der Waals surface area contributed by atoms with Crippen LogP contribution in [0.3, 0.4) is 0 Å². The number of nitrogens with zero attached hydrogens (tertiary/aromatic N) is 9. The molecule has 16 rings (SSSR count). The summed E-state index contributed by atoms with van der Waals surface area (Å²) in [5.41, 5.74) is 18.7. The third-order valence-corrected chi connectivity index (χ3v) is 15.4. The number of ether oxygens (including phenoxy) is 5. The van der Waals surface area contributed by atoms with E-state index in [4.69, 9.17) is 71.0 Å². The van der Waals surface area contributed by atoms with Crippen molar-refractivity contribution in [2.75, 3.05) is 34.2 Å². The number of hydrogen-bond donors (Lipinski definition) is 4. The summed E-state index contributed by atoms with van der Waals surface area (Å²) in [6.07, 6.45) is 16.8. The fraction of sp³-hybridized carbons (Fsp3) is 0.0875. The molecule has 26 nitrogen and oxygen atoms in total. The van der Waals surface area contributed by atoms with Crippen molar-refractivity contribution in [2.45, 2.75) is 19.1 Å². The lowest BCUT2D eigenvalue weighted by atomic mass is 10.2. The Balaban J connectivity index is 0.000000138. The van der Waals surface area contributed by atoms with E-state index in [-0.39, 0.29) is 23.6 Å². The standard InChI is InChI=1S/C19H15N3O3.C14H10N2O3.C13H9ClN2O.C13H10N2O2.C8H9NO3.C7H5ClO.C6H7NO2/c1-23-15-5-7-18(21-11-15)24-12-13-4-6-17-16(9-13)22-19(25-17)14-3-2-8-20-10-14;1-18-14(17)9-4-5-12-11(7-9)16-13(19-12)10-3-2-6-15-8-10;14-7-9-3-4-12-11(6-9)16-13(17-12)10-2-1-5-15-8-10;16-8-9-3-4-12-11(6-9)15-13(17-12)10-2-1-5-14-7-10;1-12-8(11)5-2-3-7(10)6(9)4-5;8-7(9)6-4-2-1-3-5-6;1-9-5-2-3-6(8)7-4-5/h2-11H,12H2,1H3;2-8H,1H3;1-6,8H,7H2;1-7,16H,8H2;2-4,10H,9H2,1H3;1-5H;2-4H,1H3,(H,7,8). The lowest BCUT2D eigenvalue weighted by molar-refractivity contribution is 0.0592. The number of H-pyrrole nitrogens is 1. The monoisotopic (exact) mass is 1490 g/mol. The summed E-state index contributed by atoms with van der Waals surface area (Å²) < 4.78 is 47.4. The smallest absolute Gasteiger partial charge is 0.337 e. The van der Waals surface area contributed by atoms with Crippen LogP contribution >= 0.6 is 23.2 Å². The van der Waals surface area contributed by atoms with Crippen LogP contribution in [0, 0.1) is 0 Å². The van der Waals surface area contributed by atoms with Crippen molar-refractivity contribution >= 4 is 90.5 Å². The summed E-state index contributed by atoms with van der Waals surface area (Å²) in [5, 5.41) is 17.7. The normalized spacial score (nSPS) is 10.3. The molecule has 0 radical (unpaired) electrons. The average Bonchev–Trinajstić information content (AvgIpc) is 1.68. The van der Waals surface area contributed by atoms with Gasteiger partial charge in [0.1, 0.15) is 45.9 Å². The molecule has 16 aromatic rings. The number of phenolic OH excluding ortho intramolecular Hbond substituents is 1. The van der Waals surface area contributed by atoms with E-state index in [9.17, 15) is 19.2 Å². The Morgan fingerprint density at radius 1 is 0.472 bits per heavy atom. The number of methoxy groups -OCH3 is 4. The lowest BCUT2D eigenvalue weighted by Crippen LogP contribution is -2.01. The molecule has 0 atom stereocenters. The van der Waals surface area contributed by atoms with Gasteiger partial charge in [-0.15, -0.1) is 11.6 Å². The number of carbonyl (C=O) groups excluding carboxylic acids is 3. The van der Waals surface area contributed by atoms with Crippen LogP contribution in [0.1, 0.15) is 47.8 Å². The van der Waals surface area contributed by atoms with Gasteiger partial charge in [-0.3, -0.25) is 29.5 Å². The van der Waals surface area contributed by atoms with Gasteiger partial charge < -0.3 is 62.3 Å². The van der Waals surface area contributed by atoms with Crippen LogP contribution in [-0.2, 0) is 28.6 Å². The first-order valence-corrected chi connectivity index (χ1v) is 33.3. The van der Waals surface area contributed by atoms with E-state index in [0.29, 0.717) is 86.8 Å². The van der Waals surface area contributed by atoms with Crippen molar-refractivity contribution in [3.8, 4) is 68.9 Å². The topological polar surface area (TPSA) is 365 Å². The molecule has 544 valence electrons. The Labute approximate surface area is 625 Å². The number of oxazole rings is 4. The van der Waals surface area contributed by atoms with E-state index >= 15 is 0 Å². The summed E-state index contributed by atoms with van der Waals surface area (Å²) in [6.45, 7) is 0.398. The molecule has 0 aliphatic heterocycles. The maximum absolute atomic E-state index is 11.4. The summed E-state index contributed by atoms with van der Waals surface area (Å²) in [4.78, 5) is 83.7. The van der Waals surface area contributed by atoms with Crippen molar-refractivity contribution in [3.63, 3.8) is 0 Å². The number of alkyl halides is 1. The van der Waals surface area contributed by atoms with Crippen LogP contribution in [0.5, 0.6) is 23.1 Å². The fourth-order valence-electron chi connectivity index (χ4n) is 9.44. The van der Waals surface area contributed by atoms with Gasteiger partial charge in [0.05, 0.1) is 80.3 Å². The molecule has 0 saturated carbocycles. The highest BCUT2D eigenvalue weighted by Crippen LogP contribution is 2.30. The SMILES string of the molecule is COC(=O)c1ccc(O)c(N)c1.COC(=O)c1ccc2oc(-c3cccnc3)nc2c1.COc1ccc(=O)[nH]c1.COc1ccc(OCc2ccc3oc(-c4cccnc4)nc3c2)nc1.ClCc1ccc2oc(-c3cccnc3)nc2c1.O=C(Cl)c1ccccc1.OCc1ccc2oc(-c3cccnc3)nc2c1. The van der Waals surface area contributed by atoms with Gasteiger partial charge in [-0.1, -0.05) is 48.5 Å². The van der Waals surface area contributed by atoms with E-state index in [1.54, 1.807) is 125 Å². The van der Waals surface area contributed by atoms with Crippen LogP contribution < -0.4 is 25.5 Å². The number of nitrogens with one attached hydrogen (secondary N) is 1. The van der Waals surface area contributed by atoms with Gasteiger partial charge in [0, 0.05) is 79.3 Å². The number of anilines is 1. The van der Waals surface area contributed by atoms with E-state index in [2.05, 4.69) is 59.3 Å². The number of aromatic amines is 1. The number of fused-ring (bicyclic) bond motifs is 4. The van der Waals surface area contributed by atoms with E-state index in [1.807, 2.05) is 115 Å². The minimum atomic E-state index is -0.471. The van der Waals surface area contributed by atoms with Crippen molar-refractivity contribution in [2.24, 2.45) is 0 Å². The van der Waals surface area contributed by atoms with Crippen LogP contribution in [0.4, 0.5) is 5.69 Å². The Kier molecular flexibility index (Phi) is 27.4. The zero-order chi connectivity index (χ0) is 76.2. The van der Waals surface area contributed by atoms with Crippen molar-refractivity contribution < 1.29 is 65.9 Å². The Hall–Kier alpha value is -14.0. The minimum absolute atomic E-state index is 0.00499. The first-order chi connectivity index (χ1) is 52.6. The first kappa shape index (κ1) is 76.7. The number of rotatable bonds is 14. The number of phenols is 1. The molecule has 6 aromatic carbocycles. The molecule has 0 amide bonds. The summed E-state index contributed by atoms with van der Waals surface area (Å²) in [5.74, 6) is 3.62. The van der Waals surface area contributed by atoms with Crippen molar-refractivity contribution in [3.05, 3.63) is 300 Å². The Morgan fingerprint density at radius 3 is 1.31 bits per heavy atom. The average molecular weight is 1490 g/mol. The number of carbonyl (C=O) groups is 3. The molecule has 10 heterocycles. The number of esters is 2. The molecule has 0 aliphatic rings. The molecule has 108 heavy (non-hydrogen) atoms. The van der Waals surface area contributed by atoms with Gasteiger partial charge in [0.15, 0.2) is 22.3 Å². The highest BCUT2D eigenvalue weighted by molar-refractivity contribution is 6.67. The fourth-order valence-corrected chi connectivity index (χ4v) is 9.73. The maximum atomic E-state index is 11.4. The number of aromatic hydroxyl groups is 1. The molecule has 0 spiro atoms. The molecule has 0 saturated heterocycles. The van der Waals surface area contributed by atoms with Gasteiger partial charge in [-0.25, -0.2) is 34.5 Å². The Bertz CT molecular complexity index is 5500. The van der Waals surface area contributed by atoms with Crippen LogP contribution in [0.15, 0.2) is 279 Å². The third-order valence-electron chi connectivity index (χ3n) is 14.9. The largest absolute Gasteiger partial charge is 0.506 e. The second-order valence-corrected chi connectivity index (χ2v) is 22.8. The molecule has 0 aliphatic carbocycles. The number of nitrogens with two attached hydrogens (primary N) is 1. The molecule has 5 N–H and O–H groups in total. The number of halogens is 2. The number of nitrogen functional groups attached to an aromatic ring is 1. The lowest BCUT2D eigenvalue weighted by Gasteiger charge is -2.05. The van der Waals surface area contributed by atoms with Gasteiger partial charge >= 0.3 is 11.9 Å². The second kappa shape index (κ2) is 38.5. The zero-order valence-corrected chi connectivity index (χ0v) is 59.4. The quantitative estimate of drug-likeness (QED) is 0.0258. The van der Waals surface area contributed by atoms with Gasteiger partial charge in [0.25, 0.3) is 5.24 Å². The van der Waals surface area contributed by atoms with Crippen molar-refractivity contribution in [1.82, 2.24) is 49.8 Å². The number of benzene rings is 6. The number of pyridine rings is 6. The van der Waals surface area contributed by atoms with E-state index in [1.165, 1.54) is 44.7 Å². The van der Waals surface area contributed by atoms with E-state index < -0.39 is 17.2 Å². The molecule has 0 fully saturated rings. The van der Waals surface area contributed by atoms with E-state index in [0.717, 1.165) is 66.7 Å². The number of aromatic nitrogens is 10. The molecule has 0 unspecified atom stereocenters. The number of hydrogen-bond acceptors (Lipinski definition) is 25.